The van der Waals surface area contributed by atoms with Crippen molar-refractivity contribution in [2.45, 2.75) is 39.7 Å². The molecule has 1 rings (SSSR count). The molecule has 2 amide bonds. The highest BCUT2D eigenvalue weighted by atomic mass is 16.5. The summed E-state index contributed by atoms with van der Waals surface area (Å²) in [7, 11) is 1.31. The number of methoxy groups -OCH3 is 1. The van der Waals surface area contributed by atoms with E-state index >= 15 is 0 Å². The fraction of sp³-hybridized carbons (Fsp3) is 0.643. The van der Waals surface area contributed by atoms with Crippen LogP contribution in [-0.4, -0.2) is 42.4 Å². The maximum absolute atomic E-state index is 12.5. The molecule has 1 aliphatic heterocycles. The van der Waals surface area contributed by atoms with Gasteiger partial charge in [0.25, 0.3) is 5.91 Å². The summed E-state index contributed by atoms with van der Waals surface area (Å²) in [5.41, 5.74) is 0.225. The van der Waals surface area contributed by atoms with Gasteiger partial charge in [-0.25, -0.2) is 4.79 Å². The van der Waals surface area contributed by atoms with Crippen LogP contribution in [0, 0.1) is 5.92 Å². The molecule has 0 spiro atoms. The molecule has 0 radical (unpaired) electrons. The minimum absolute atomic E-state index is 0.111. The third-order valence-corrected chi connectivity index (χ3v) is 3.03. The van der Waals surface area contributed by atoms with Gasteiger partial charge in [-0.3, -0.25) is 9.59 Å². The van der Waals surface area contributed by atoms with Crippen LogP contribution in [0.5, 0.6) is 0 Å². The van der Waals surface area contributed by atoms with Gasteiger partial charge < -0.3 is 15.0 Å². The molecule has 0 saturated carbocycles. The molecule has 1 fully saturated rings. The van der Waals surface area contributed by atoms with Gasteiger partial charge in [0.15, 0.2) is 0 Å². The molecule has 1 aliphatic rings. The van der Waals surface area contributed by atoms with Crippen LogP contribution in [-0.2, 0) is 19.1 Å². The summed E-state index contributed by atoms with van der Waals surface area (Å²) in [6.07, 6.45) is 3.03. The molecule has 20 heavy (non-hydrogen) atoms. The number of allylic oxidation sites excluding steroid dienone is 1. The highest BCUT2D eigenvalue weighted by Crippen LogP contribution is 2.20. The minimum Gasteiger partial charge on any atom is -0.467 e. The smallest absolute Gasteiger partial charge is 0.328 e. The molecule has 1 atom stereocenters. The van der Waals surface area contributed by atoms with Gasteiger partial charge >= 0.3 is 5.97 Å². The van der Waals surface area contributed by atoms with Crippen molar-refractivity contribution < 1.29 is 19.1 Å². The highest BCUT2D eigenvalue weighted by Gasteiger charge is 2.36. The van der Waals surface area contributed by atoms with E-state index in [1.165, 1.54) is 18.9 Å². The first-order chi connectivity index (χ1) is 9.36. The summed E-state index contributed by atoms with van der Waals surface area (Å²) < 4.78 is 4.72. The highest BCUT2D eigenvalue weighted by molar-refractivity contribution is 5.99. The number of rotatable bonds is 4. The summed E-state index contributed by atoms with van der Waals surface area (Å²) in [6.45, 7) is 5.67. The number of hydrogen-bond acceptors (Lipinski definition) is 4. The van der Waals surface area contributed by atoms with E-state index in [4.69, 9.17) is 4.74 Å². The summed E-state index contributed by atoms with van der Waals surface area (Å²) in [5, 5.41) is 2.54. The summed E-state index contributed by atoms with van der Waals surface area (Å²) in [4.78, 5) is 36.8. The third kappa shape index (κ3) is 4.08. The Morgan fingerprint density at radius 1 is 1.35 bits per heavy atom. The molecule has 6 nitrogen and oxygen atoms in total. The molecule has 6 heteroatoms. The zero-order valence-corrected chi connectivity index (χ0v) is 12.4. The minimum atomic E-state index is -0.558. The van der Waals surface area contributed by atoms with Crippen LogP contribution < -0.4 is 5.32 Å². The van der Waals surface area contributed by atoms with Crippen molar-refractivity contribution in [2.24, 2.45) is 5.92 Å². The van der Waals surface area contributed by atoms with Crippen molar-refractivity contribution >= 4 is 17.8 Å². The molecule has 1 N–H and O–H groups in total. The quantitative estimate of drug-likeness (QED) is 0.612. The monoisotopic (exact) mass is 282 g/mol. The zero-order valence-electron chi connectivity index (χ0n) is 12.4. The second kappa shape index (κ2) is 7.07. The number of carbonyl (C=O) groups excluding carboxylic acids is 3. The number of hydrogen-bond donors (Lipinski definition) is 1. The van der Waals surface area contributed by atoms with Crippen molar-refractivity contribution in [1.29, 1.82) is 0 Å². The molecule has 1 heterocycles. The molecule has 112 valence electrons. The lowest BCUT2D eigenvalue weighted by Gasteiger charge is -2.24. The predicted molar refractivity (Wildman–Crippen MR) is 73.5 cm³/mol. The fourth-order valence-corrected chi connectivity index (χ4v) is 2.23. The lowest BCUT2D eigenvalue weighted by molar-refractivity contribution is -0.150. The van der Waals surface area contributed by atoms with E-state index in [1.807, 2.05) is 13.8 Å². The molecule has 0 aliphatic carbocycles. The van der Waals surface area contributed by atoms with Gasteiger partial charge in [-0.05, 0) is 18.8 Å². The van der Waals surface area contributed by atoms with Gasteiger partial charge in [-0.2, -0.15) is 0 Å². The average molecular weight is 282 g/mol. The number of nitrogens with zero attached hydrogens (tertiary/aromatic N) is 1. The molecule has 0 aromatic heterocycles. The Labute approximate surface area is 119 Å². The van der Waals surface area contributed by atoms with Gasteiger partial charge in [0, 0.05) is 13.5 Å². The molecule has 0 aromatic rings. The van der Waals surface area contributed by atoms with E-state index in [0.717, 1.165) is 6.42 Å². The van der Waals surface area contributed by atoms with Crippen LogP contribution in [0.4, 0.5) is 0 Å². The standard InChI is InChI=1S/C14H22N2O4/c1-9(2)8-11(15-10(3)17)13(18)16-7-5-6-12(16)14(19)20-4/h8-9,12H,5-7H2,1-4H3,(H,15,17)/b11-8-/t12-/m0/s1. The van der Waals surface area contributed by atoms with Crippen LogP contribution in [0.2, 0.25) is 0 Å². The normalized spacial score (nSPS) is 19.1. The molecular weight excluding hydrogens is 260 g/mol. The van der Waals surface area contributed by atoms with Crippen LogP contribution in [0.1, 0.15) is 33.6 Å². The summed E-state index contributed by atoms with van der Waals surface area (Å²) in [5.74, 6) is -0.941. The second-order valence-corrected chi connectivity index (χ2v) is 5.19. The van der Waals surface area contributed by atoms with Crippen molar-refractivity contribution in [1.82, 2.24) is 10.2 Å². The number of amides is 2. The Morgan fingerprint density at radius 2 is 2.00 bits per heavy atom. The van der Waals surface area contributed by atoms with Gasteiger partial charge in [-0.1, -0.05) is 19.9 Å². The third-order valence-electron chi connectivity index (χ3n) is 3.03. The first-order valence-electron chi connectivity index (χ1n) is 6.75. The maximum atomic E-state index is 12.5. The number of carbonyl (C=O) groups is 3. The topological polar surface area (TPSA) is 75.7 Å². The Balaban J connectivity index is 2.94. The first kappa shape index (κ1) is 16.2. The fourth-order valence-electron chi connectivity index (χ4n) is 2.23. The SMILES string of the molecule is COC(=O)[C@@H]1CCCN1C(=O)/C(=C/C(C)C)NC(C)=O. The van der Waals surface area contributed by atoms with Crippen molar-refractivity contribution in [3.8, 4) is 0 Å². The van der Waals surface area contributed by atoms with E-state index < -0.39 is 12.0 Å². The Hall–Kier alpha value is -1.85. The van der Waals surface area contributed by atoms with Crippen LogP contribution in [0.3, 0.4) is 0 Å². The van der Waals surface area contributed by atoms with Gasteiger partial charge in [0.05, 0.1) is 7.11 Å². The van der Waals surface area contributed by atoms with Crippen molar-refractivity contribution in [3.63, 3.8) is 0 Å². The number of esters is 1. The summed E-state index contributed by atoms with van der Waals surface area (Å²) >= 11 is 0. The molecule has 0 unspecified atom stereocenters. The Morgan fingerprint density at radius 3 is 2.50 bits per heavy atom. The first-order valence-corrected chi connectivity index (χ1v) is 6.75. The number of ether oxygens (including phenoxy) is 1. The van der Waals surface area contributed by atoms with Crippen molar-refractivity contribution in [2.75, 3.05) is 13.7 Å². The Kier molecular flexibility index (Phi) is 5.73. The molecule has 0 aromatic carbocycles. The molecule has 0 bridgehead atoms. The molecule has 1 saturated heterocycles. The van der Waals surface area contributed by atoms with E-state index in [1.54, 1.807) is 6.08 Å². The van der Waals surface area contributed by atoms with E-state index in [2.05, 4.69) is 5.32 Å². The predicted octanol–water partition coefficient (Wildman–Crippen LogP) is 0.826. The molecular formula is C14H22N2O4. The van der Waals surface area contributed by atoms with Gasteiger partial charge in [0.1, 0.15) is 11.7 Å². The lowest BCUT2D eigenvalue weighted by Crippen LogP contribution is -2.44. The lowest BCUT2D eigenvalue weighted by atomic mass is 10.1. The van der Waals surface area contributed by atoms with Gasteiger partial charge in [-0.15, -0.1) is 0 Å². The van der Waals surface area contributed by atoms with E-state index in [9.17, 15) is 14.4 Å². The van der Waals surface area contributed by atoms with Crippen LogP contribution in [0.25, 0.3) is 0 Å². The zero-order chi connectivity index (χ0) is 15.3. The number of nitrogens with one attached hydrogen (secondary N) is 1. The second-order valence-electron chi connectivity index (χ2n) is 5.19. The van der Waals surface area contributed by atoms with Crippen LogP contribution >= 0.6 is 0 Å². The summed E-state index contributed by atoms with van der Waals surface area (Å²) in [6, 6.07) is -0.558. The van der Waals surface area contributed by atoms with Gasteiger partial charge in [0.2, 0.25) is 5.91 Å². The Bertz CT molecular complexity index is 429. The number of likely N-dealkylation sites (tertiary alicyclic amines) is 1. The van der Waals surface area contributed by atoms with Crippen molar-refractivity contribution in [3.05, 3.63) is 11.8 Å². The largest absolute Gasteiger partial charge is 0.467 e. The average Bonchev–Trinajstić information content (AvgIpc) is 2.84. The van der Waals surface area contributed by atoms with E-state index in [0.29, 0.717) is 13.0 Å². The van der Waals surface area contributed by atoms with Crippen LogP contribution in [0.15, 0.2) is 11.8 Å². The van der Waals surface area contributed by atoms with E-state index in [-0.39, 0.29) is 23.4 Å². The maximum Gasteiger partial charge on any atom is 0.328 e.